The Morgan fingerprint density at radius 1 is 0.692 bits per heavy atom. The molecule has 0 saturated carbocycles. The summed E-state index contributed by atoms with van der Waals surface area (Å²) in [6.07, 6.45) is 0.739. The van der Waals surface area contributed by atoms with Gasteiger partial charge in [0.15, 0.2) is 0 Å². The maximum Gasteiger partial charge on any atom is 0.124 e. The molecule has 1 aliphatic heterocycles. The van der Waals surface area contributed by atoms with Crippen molar-refractivity contribution in [3.63, 3.8) is 0 Å². The van der Waals surface area contributed by atoms with Crippen LogP contribution in [0.5, 0.6) is 0 Å². The summed E-state index contributed by atoms with van der Waals surface area (Å²) in [4.78, 5) is 0. The number of oxime groups is 1. The molecule has 1 saturated heterocycles. The first-order chi connectivity index (χ1) is 12.9. The zero-order valence-electron chi connectivity index (χ0n) is 14.6. The molecule has 4 rings (SSSR count). The molecule has 3 aromatic rings. The van der Waals surface area contributed by atoms with Gasteiger partial charge in [0.1, 0.15) is 12.1 Å². The number of rotatable bonds is 3. The number of hydrogen-bond acceptors (Lipinski definition) is 2. The van der Waals surface area contributed by atoms with E-state index in [0.29, 0.717) is 0 Å². The van der Waals surface area contributed by atoms with E-state index < -0.39 is 0 Å². The number of hydrogen-bond donors (Lipinski definition) is 2. The average molecular weight is 343 g/mol. The summed E-state index contributed by atoms with van der Waals surface area (Å²) in [6.45, 7) is 0. The molecule has 0 aliphatic carbocycles. The van der Waals surface area contributed by atoms with Gasteiger partial charge in [0, 0.05) is 17.5 Å². The van der Waals surface area contributed by atoms with Crippen molar-refractivity contribution in [2.45, 2.75) is 24.4 Å². The van der Waals surface area contributed by atoms with Crippen LogP contribution in [-0.2, 0) is 0 Å². The predicted molar refractivity (Wildman–Crippen MR) is 103 cm³/mol. The van der Waals surface area contributed by atoms with Crippen molar-refractivity contribution in [1.82, 2.24) is 0 Å². The molecule has 130 valence electrons. The predicted octanol–water partition coefficient (Wildman–Crippen LogP) is 4.05. The molecule has 0 radical (unpaired) electrons. The second-order valence-corrected chi connectivity index (χ2v) is 6.83. The highest BCUT2D eigenvalue weighted by Crippen LogP contribution is 2.36. The van der Waals surface area contributed by atoms with E-state index in [0.717, 1.165) is 12.1 Å². The van der Waals surface area contributed by atoms with Crippen LogP contribution < -0.4 is 5.32 Å². The highest BCUT2D eigenvalue weighted by molar-refractivity contribution is 5.92. The third-order valence-corrected chi connectivity index (χ3v) is 5.29. The summed E-state index contributed by atoms with van der Waals surface area (Å²) >= 11 is 0. The Morgan fingerprint density at radius 2 is 1.19 bits per heavy atom. The summed E-state index contributed by atoms with van der Waals surface area (Å²) in [6, 6.07) is 31.8. The van der Waals surface area contributed by atoms with E-state index in [1.54, 1.807) is 0 Å². The zero-order chi connectivity index (χ0) is 17.8. The fourth-order valence-electron chi connectivity index (χ4n) is 4.06. The van der Waals surface area contributed by atoms with E-state index in [1.165, 1.54) is 16.7 Å². The van der Waals surface area contributed by atoms with E-state index in [9.17, 15) is 5.21 Å². The number of benzene rings is 3. The van der Waals surface area contributed by atoms with Gasteiger partial charge >= 0.3 is 0 Å². The van der Waals surface area contributed by atoms with Crippen molar-refractivity contribution in [1.29, 1.82) is 0 Å². The van der Waals surface area contributed by atoms with Crippen molar-refractivity contribution in [2.75, 3.05) is 0 Å². The van der Waals surface area contributed by atoms with Gasteiger partial charge in [0.2, 0.25) is 0 Å². The zero-order valence-corrected chi connectivity index (χ0v) is 14.6. The van der Waals surface area contributed by atoms with E-state index in [2.05, 4.69) is 83.3 Å². The number of piperidine rings is 1. The summed E-state index contributed by atoms with van der Waals surface area (Å²) in [5, 5.41) is 16.0. The summed E-state index contributed by atoms with van der Waals surface area (Å²) in [5.41, 5.74) is 4.56. The first kappa shape index (κ1) is 16.6. The first-order valence-electron chi connectivity index (χ1n) is 9.07. The van der Waals surface area contributed by atoms with Crippen LogP contribution in [0.15, 0.2) is 96.2 Å². The number of quaternary nitrogens is 1. The van der Waals surface area contributed by atoms with Crippen LogP contribution in [0.1, 0.15) is 41.1 Å². The highest BCUT2D eigenvalue weighted by Gasteiger charge is 2.41. The van der Waals surface area contributed by atoms with E-state index in [-0.39, 0.29) is 18.0 Å². The minimum absolute atomic E-state index is 0.0589. The maximum absolute atomic E-state index is 9.83. The summed E-state index contributed by atoms with van der Waals surface area (Å²) in [5.74, 6) is 0.0589. The van der Waals surface area contributed by atoms with Crippen LogP contribution in [0.2, 0.25) is 0 Å². The molecule has 1 fully saturated rings. The SMILES string of the molecule is O/N=C1/C[C@@H](c2ccccc2)[NH2+][C@@H](c2ccccc2)[C@@H]1c1ccccc1. The molecule has 0 spiro atoms. The molecular formula is C23H23N2O+. The van der Waals surface area contributed by atoms with E-state index in [1.807, 2.05) is 18.2 Å². The lowest BCUT2D eigenvalue weighted by Crippen LogP contribution is -2.89. The molecule has 1 heterocycles. The quantitative estimate of drug-likeness (QED) is 0.547. The standard InChI is InChI=1S/C23H22N2O/c26-25-21-16-20(17-10-4-1-5-11-17)24-23(19-14-8-3-9-15-19)22(21)18-12-6-2-7-13-18/h1-15,20,22-24,26H,16H2/p+1/b25-21-/t20-,22+,23-/m0/s1. The van der Waals surface area contributed by atoms with Crippen LogP contribution in [0.3, 0.4) is 0 Å². The molecule has 26 heavy (non-hydrogen) atoms. The maximum atomic E-state index is 9.83. The Morgan fingerprint density at radius 3 is 1.73 bits per heavy atom. The lowest BCUT2D eigenvalue weighted by molar-refractivity contribution is -0.738. The molecule has 0 amide bonds. The smallest absolute Gasteiger partial charge is 0.124 e. The molecule has 3 heteroatoms. The minimum atomic E-state index is 0.0589. The highest BCUT2D eigenvalue weighted by atomic mass is 16.4. The lowest BCUT2D eigenvalue weighted by atomic mass is 9.77. The summed E-state index contributed by atoms with van der Waals surface area (Å²) in [7, 11) is 0. The normalized spacial score (nSPS) is 24.5. The fourth-order valence-corrected chi connectivity index (χ4v) is 4.06. The Kier molecular flexibility index (Phi) is 4.80. The molecule has 3 atom stereocenters. The van der Waals surface area contributed by atoms with Gasteiger partial charge in [-0.2, -0.15) is 0 Å². The van der Waals surface area contributed by atoms with Crippen molar-refractivity contribution in [3.8, 4) is 0 Å². The van der Waals surface area contributed by atoms with Crippen LogP contribution in [0, 0.1) is 0 Å². The molecular weight excluding hydrogens is 320 g/mol. The monoisotopic (exact) mass is 343 g/mol. The van der Waals surface area contributed by atoms with E-state index >= 15 is 0 Å². The third kappa shape index (κ3) is 3.26. The Bertz CT molecular complexity index is 862. The van der Waals surface area contributed by atoms with Crippen molar-refractivity contribution < 1.29 is 10.5 Å². The van der Waals surface area contributed by atoms with E-state index in [4.69, 9.17) is 0 Å². The van der Waals surface area contributed by atoms with Crippen LogP contribution in [0.4, 0.5) is 0 Å². The van der Waals surface area contributed by atoms with Crippen molar-refractivity contribution in [2.24, 2.45) is 5.16 Å². The fraction of sp³-hybridized carbons (Fsp3) is 0.174. The second-order valence-electron chi connectivity index (χ2n) is 6.83. The van der Waals surface area contributed by atoms with Gasteiger partial charge in [-0.3, -0.25) is 0 Å². The van der Waals surface area contributed by atoms with Crippen LogP contribution in [0.25, 0.3) is 0 Å². The van der Waals surface area contributed by atoms with Crippen molar-refractivity contribution >= 4 is 5.71 Å². The molecule has 0 bridgehead atoms. The van der Waals surface area contributed by atoms with Crippen LogP contribution in [-0.4, -0.2) is 10.9 Å². The molecule has 3 N–H and O–H groups in total. The van der Waals surface area contributed by atoms with Gasteiger partial charge in [-0.1, -0.05) is 96.2 Å². The molecule has 0 unspecified atom stereocenters. The Balaban J connectivity index is 1.78. The van der Waals surface area contributed by atoms with Gasteiger partial charge < -0.3 is 10.5 Å². The van der Waals surface area contributed by atoms with Gasteiger partial charge in [-0.05, 0) is 5.56 Å². The number of nitrogens with zero attached hydrogens (tertiary/aromatic N) is 1. The third-order valence-electron chi connectivity index (χ3n) is 5.29. The van der Waals surface area contributed by atoms with Gasteiger partial charge in [0.05, 0.1) is 11.6 Å². The Labute approximate surface area is 154 Å². The summed E-state index contributed by atoms with van der Waals surface area (Å²) < 4.78 is 0. The van der Waals surface area contributed by atoms with Crippen molar-refractivity contribution in [3.05, 3.63) is 108 Å². The second kappa shape index (κ2) is 7.54. The van der Waals surface area contributed by atoms with Gasteiger partial charge in [-0.25, -0.2) is 0 Å². The first-order valence-corrected chi connectivity index (χ1v) is 9.07. The Hall–Kier alpha value is -2.91. The average Bonchev–Trinajstić information content (AvgIpc) is 2.74. The lowest BCUT2D eigenvalue weighted by Gasteiger charge is -2.35. The molecule has 1 aliphatic rings. The van der Waals surface area contributed by atoms with Gasteiger partial charge in [0.25, 0.3) is 0 Å². The largest absolute Gasteiger partial charge is 0.411 e. The molecule has 0 aromatic heterocycles. The topological polar surface area (TPSA) is 49.2 Å². The van der Waals surface area contributed by atoms with Gasteiger partial charge in [-0.15, -0.1) is 0 Å². The molecule has 3 aromatic carbocycles. The van der Waals surface area contributed by atoms with Crippen LogP contribution >= 0.6 is 0 Å². The number of nitrogens with two attached hydrogens (primary N) is 1. The molecule has 3 nitrogen and oxygen atoms in total. The minimum Gasteiger partial charge on any atom is -0.411 e.